The van der Waals surface area contributed by atoms with Crippen LogP contribution in [0.1, 0.15) is 12.5 Å². The van der Waals surface area contributed by atoms with Crippen LogP contribution in [0.25, 0.3) is 5.57 Å². The number of carbonyl (C=O) groups excluding carboxylic acids is 1. The van der Waals surface area contributed by atoms with Gasteiger partial charge in [0.15, 0.2) is 0 Å². The fourth-order valence-electron chi connectivity index (χ4n) is 1.08. The van der Waals surface area contributed by atoms with Gasteiger partial charge in [0.05, 0.1) is 0 Å². The largest absolute Gasteiger partial charge is 0.355 e. The standard InChI is InChI=1S/C11H13NO/c1-10(7-8-12-9-13)11-5-3-2-4-6-11/h2-7,9H,8H2,1H3,(H,12,13)/b10-7-. The number of nitrogens with one attached hydrogen (secondary N) is 1. The van der Waals surface area contributed by atoms with Gasteiger partial charge in [0.25, 0.3) is 0 Å². The smallest absolute Gasteiger partial charge is 0.207 e. The zero-order chi connectivity index (χ0) is 9.52. The molecule has 0 radical (unpaired) electrons. The molecule has 68 valence electrons. The zero-order valence-electron chi connectivity index (χ0n) is 7.66. The van der Waals surface area contributed by atoms with Crippen LogP contribution >= 0.6 is 0 Å². The number of hydrogen-bond donors (Lipinski definition) is 1. The van der Waals surface area contributed by atoms with Crippen molar-refractivity contribution in [1.29, 1.82) is 0 Å². The normalized spacial score (nSPS) is 11.0. The van der Waals surface area contributed by atoms with Crippen LogP contribution in [0.2, 0.25) is 0 Å². The molecule has 0 fully saturated rings. The van der Waals surface area contributed by atoms with Crippen molar-refractivity contribution in [2.75, 3.05) is 6.54 Å². The summed E-state index contributed by atoms with van der Waals surface area (Å²) >= 11 is 0. The van der Waals surface area contributed by atoms with E-state index in [0.717, 1.165) is 0 Å². The number of benzene rings is 1. The van der Waals surface area contributed by atoms with Crippen molar-refractivity contribution in [2.45, 2.75) is 6.92 Å². The molecule has 1 N–H and O–H groups in total. The molecule has 0 bridgehead atoms. The molecule has 0 aliphatic rings. The molecule has 0 aromatic heterocycles. The lowest BCUT2D eigenvalue weighted by Crippen LogP contribution is -2.09. The molecule has 0 saturated carbocycles. The van der Waals surface area contributed by atoms with Crippen LogP contribution in [-0.2, 0) is 4.79 Å². The van der Waals surface area contributed by atoms with Gasteiger partial charge in [0.2, 0.25) is 6.41 Å². The topological polar surface area (TPSA) is 29.1 Å². The first-order valence-corrected chi connectivity index (χ1v) is 4.24. The van der Waals surface area contributed by atoms with Gasteiger partial charge < -0.3 is 5.32 Å². The van der Waals surface area contributed by atoms with E-state index in [0.29, 0.717) is 13.0 Å². The Morgan fingerprint density at radius 2 is 2.08 bits per heavy atom. The highest BCUT2D eigenvalue weighted by Gasteiger charge is 1.91. The van der Waals surface area contributed by atoms with E-state index in [-0.39, 0.29) is 0 Å². The molecule has 1 aromatic carbocycles. The second kappa shape index (κ2) is 5.14. The van der Waals surface area contributed by atoms with Crippen LogP contribution in [0.5, 0.6) is 0 Å². The van der Waals surface area contributed by atoms with Gasteiger partial charge in [-0.25, -0.2) is 0 Å². The van der Waals surface area contributed by atoms with Crippen molar-refractivity contribution in [3.05, 3.63) is 42.0 Å². The van der Waals surface area contributed by atoms with Crippen molar-refractivity contribution in [2.24, 2.45) is 0 Å². The van der Waals surface area contributed by atoms with Crippen LogP contribution in [0, 0.1) is 0 Å². The molecule has 1 rings (SSSR count). The molecule has 1 amide bonds. The maximum atomic E-state index is 9.98. The molecular formula is C11H13NO. The summed E-state index contributed by atoms with van der Waals surface area (Å²) in [5.74, 6) is 0. The predicted molar refractivity (Wildman–Crippen MR) is 54.2 cm³/mol. The third-order valence-corrected chi connectivity index (χ3v) is 1.84. The molecule has 2 nitrogen and oxygen atoms in total. The van der Waals surface area contributed by atoms with E-state index in [1.165, 1.54) is 11.1 Å². The average Bonchev–Trinajstić information content (AvgIpc) is 2.19. The molecule has 0 aliphatic heterocycles. The minimum absolute atomic E-state index is 0.588. The van der Waals surface area contributed by atoms with Gasteiger partial charge in [-0.2, -0.15) is 0 Å². The summed E-state index contributed by atoms with van der Waals surface area (Å²) in [4.78, 5) is 9.98. The summed E-state index contributed by atoms with van der Waals surface area (Å²) in [6.45, 7) is 2.62. The minimum atomic E-state index is 0.588. The van der Waals surface area contributed by atoms with Crippen LogP contribution in [0.15, 0.2) is 36.4 Å². The lowest BCUT2D eigenvalue weighted by molar-refractivity contribution is -0.109. The highest BCUT2D eigenvalue weighted by molar-refractivity contribution is 5.64. The van der Waals surface area contributed by atoms with Gasteiger partial charge in [0.1, 0.15) is 0 Å². The molecule has 1 aromatic rings. The van der Waals surface area contributed by atoms with E-state index in [1.807, 2.05) is 43.3 Å². The predicted octanol–water partition coefficient (Wildman–Crippen LogP) is 1.84. The second-order valence-corrected chi connectivity index (χ2v) is 2.78. The van der Waals surface area contributed by atoms with Gasteiger partial charge in [-0.1, -0.05) is 36.4 Å². The van der Waals surface area contributed by atoms with E-state index in [2.05, 4.69) is 5.32 Å². The highest BCUT2D eigenvalue weighted by atomic mass is 16.1. The molecule has 0 heterocycles. The van der Waals surface area contributed by atoms with Crippen LogP contribution in [0.3, 0.4) is 0 Å². The number of carbonyl (C=O) groups is 1. The molecule has 0 atom stereocenters. The summed E-state index contributed by atoms with van der Waals surface area (Å²) in [6, 6.07) is 10.1. The number of rotatable bonds is 4. The second-order valence-electron chi connectivity index (χ2n) is 2.78. The van der Waals surface area contributed by atoms with Gasteiger partial charge in [-0.3, -0.25) is 4.79 Å². The minimum Gasteiger partial charge on any atom is -0.355 e. The molecule has 0 saturated heterocycles. The Balaban J connectivity index is 2.62. The number of hydrogen-bond acceptors (Lipinski definition) is 1. The maximum Gasteiger partial charge on any atom is 0.207 e. The van der Waals surface area contributed by atoms with Crippen molar-refractivity contribution in [3.63, 3.8) is 0 Å². The van der Waals surface area contributed by atoms with Crippen molar-refractivity contribution in [3.8, 4) is 0 Å². The Morgan fingerprint density at radius 3 is 2.69 bits per heavy atom. The first-order valence-electron chi connectivity index (χ1n) is 4.24. The Hall–Kier alpha value is -1.57. The van der Waals surface area contributed by atoms with E-state index in [1.54, 1.807) is 0 Å². The van der Waals surface area contributed by atoms with Crippen molar-refractivity contribution >= 4 is 12.0 Å². The van der Waals surface area contributed by atoms with Gasteiger partial charge in [-0.15, -0.1) is 0 Å². The SMILES string of the molecule is C/C(=C/CNC=O)c1ccccc1. The maximum absolute atomic E-state index is 9.98. The van der Waals surface area contributed by atoms with Crippen LogP contribution < -0.4 is 5.32 Å². The van der Waals surface area contributed by atoms with Crippen molar-refractivity contribution in [1.82, 2.24) is 5.32 Å². The summed E-state index contributed by atoms with van der Waals surface area (Å²) in [7, 11) is 0. The molecule has 2 heteroatoms. The summed E-state index contributed by atoms with van der Waals surface area (Å²) in [5, 5.41) is 2.59. The van der Waals surface area contributed by atoms with Crippen molar-refractivity contribution < 1.29 is 4.79 Å². The monoisotopic (exact) mass is 175 g/mol. The first kappa shape index (κ1) is 9.52. The molecule has 0 unspecified atom stereocenters. The molecule has 0 spiro atoms. The summed E-state index contributed by atoms with van der Waals surface area (Å²) in [6.07, 6.45) is 2.69. The average molecular weight is 175 g/mol. The van der Waals surface area contributed by atoms with Crippen LogP contribution in [-0.4, -0.2) is 13.0 Å². The number of amides is 1. The third kappa shape index (κ3) is 3.11. The van der Waals surface area contributed by atoms with E-state index in [4.69, 9.17) is 0 Å². The third-order valence-electron chi connectivity index (χ3n) is 1.84. The molecule has 13 heavy (non-hydrogen) atoms. The van der Waals surface area contributed by atoms with Gasteiger partial charge in [0, 0.05) is 6.54 Å². The Kier molecular flexibility index (Phi) is 3.76. The first-order chi connectivity index (χ1) is 6.34. The van der Waals surface area contributed by atoms with E-state index in [9.17, 15) is 4.79 Å². The molecular weight excluding hydrogens is 162 g/mol. The van der Waals surface area contributed by atoms with Gasteiger partial charge >= 0.3 is 0 Å². The van der Waals surface area contributed by atoms with E-state index < -0.39 is 0 Å². The van der Waals surface area contributed by atoms with E-state index >= 15 is 0 Å². The lowest BCUT2D eigenvalue weighted by atomic mass is 10.1. The van der Waals surface area contributed by atoms with Gasteiger partial charge in [-0.05, 0) is 18.1 Å². The Bertz CT molecular complexity index is 290. The summed E-state index contributed by atoms with van der Waals surface area (Å²) < 4.78 is 0. The number of allylic oxidation sites excluding steroid dienone is 1. The molecule has 0 aliphatic carbocycles. The Labute approximate surface area is 78.3 Å². The Morgan fingerprint density at radius 1 is 1.38 bits per heavy atom. The van der Waals surface area contributed by atoms with Crippen LogP contribution in [0.4, 0.5) is 0 Å². The fraction of sp³-hybridized carbons (Fsp3) is 0.182. The fourth-order valence-corrected chi connectivity index (χ4v) is 1.08. The summed E-state index contributed by atoms with van der Waals surface area (Å²) in [5.41, 5.74) is 2.37. The highest BCUT2D eigenvalue weighted by Crippen LogP contribution is 2.11. The lowest BCUT2D eigenvalue weighted by Gasteiger charge is -2.00. The zero-order valence-corrected chi connectivity index (χ0v) is 7.66. The quantitative estimate of drug-likeness (QED) is 0.549.